The SMILES string of the molecule is C=C/C=C\C.CC.CC=NC.c1ccc(-c2ccc(-c3ccc4ccc5ccc(-c6cccnc6)c6ccc3c4c56)cc2)nc1. The molecule has 2 aromatic heterocycles. The van der Waals surface area contributed by atoms with Gasteiger partial charge in [0.1, 0.15) is 0 Å². The van der Waals surface area contributed by atoms with E-state index in [2.05, 4.69) is 100 Å². The molecule has 0 spiro atoms. The molecule has 0 radical (unpaired) electrons. The summed E-state index contributed by atoms with van der Waals surface area (Å²) in [6.07, 6.45) is 12.9. The minimum Gasteiger partial charge on any atom is -0.301 e. The molecule has 0 fully saturated rings. The van der Waals surface area contributed by atoms with E-state index in [1.807, 2.05) is 82.7 Å². The van der Waals surface area contributed by atoms with Crippen LogP contribution in [0.25, 0.3) is 65.8 Å². The van der Waals surface area contributed by atoms with Crippen molar-refractivity contribution in [3.63, 3.8) is 0 Å². The maximum atomic E-state index is 4.49. The summed E-state index contributed by atoms with van der Waals surface area (Å²) in [7, 11) is 1.75. The zero-order chi connectivity index (χ0) is 32.0. The Bertz CT molecular complexity index is 1980. The molecule has 0 N–H and O–H groups in total. The average molecular weight is 588 g/mol. The predicted molar refractivity (Wildman–Crippen MR) is 198 cm³/mol. The lowest BCUT2D eigenvalue weighted by Gasteiger charge is -2.16. The summed E-state index contributed by atoms with van der Waals surface area (Å²) in [5, 5.41) is 7.74. The molecule has 0 atom stereocenters. The zero-order valence-corrected chi connectivity index (χ0v) is 26.9. The highest BCUT2D eigenvalue weighted by Gasteiger charge is 2.15. The van der Waals surface area contributed by atoms with Gasteiger partial charge in [-0.25, -0.2) is 0 Å². The van der Waals surface area contributed by atoms with Crippen LogP contribution in [-0.4, -0.2) is 23.2 Å². The number of pyridine rings is 2. The fourth-order valence-electron chi connectivity index (χ4n) is 5.32. The topological polar surface area (TPSA) is 38.1 Å². The number of nitrogens with zero attached hydrogens (tertiary/aromatic N) is 3. The number of hydrogen-bond acceptors (Lipinski definition) is 3. The monoisotopic (exact) mass is 587 g/mol. The van der Waals surface area contributed by atoms with Crippen molar-refractivity contribution >= 4 is 38.5 Å². The molecule has 0 aliphatic heterocycles. The number of aliphatic imine (C=N–C) groups is 1. The molecule has 0 amide bonds. The van der Waals surface area contributed by atoms with Gasteiger partial charge in [0.2, 0.25) is 0 Å². The number of benzene rings is 5. The number of aromatic nitrogens is 2. The van der Waals surface area contributed by atoms with Gasteiger partial charge in [-0.3, -0.25) is 9.97 Å². The van der Waals surface area contributed by atoms with Gasteiger partial charge in [0.05, 0.1) is 5.69 Å². The molecule has 0 aliphatic carbocycles. The number of hydrogen-bond donors (Lipinski definition) is 0. The van der Waals surface area contributed by atoms with Crippen LogP contribution in [0.15, 0.2) is 152 Å². The van der Waals surface area contributed by atoms with E-state index in [1.165, 1.54) is 49.0 Å². The van der Waals surface area contributed by atoms with Gasteiger partial charge in [0.25, 0.3) is 0 Å². The highest BCUT2D eigenvalue weighted by molar-refractivity contribution is 6.27. The Hall–Kier alpha value is -5.41. The van der Waals surface area contributed by atoms with E-state index in [0.29, 0.717) is 0 Å². The molecule has 2 heterocycles. The molecule has 0 bridgehead atoms. The third kappa shape index (κ3) is 7.39. The van der Waals surface area contributed by atoms with Crippen molar-refractivity contribution in [1.82, 2.24) is 9.97 Å². The van der Waals surface area contributed by atoms with E-state index >= 15 is 0 Å². The summed E-state index contributed by atoms with van der Waals surface area (Å²) >= 11 is 0. The molecule has 224 valence electrons. The molecule has 0 unspecified atom stereocenters. The van der Waals surface area contributed by atoms with Crippen LogP contribution in [0, 0.1) is 0 Å². The molecule has 0 saturated carbocycles. The van der Waals surface area contributed by atoms with Crippen LogP contribution in [0.2, 0.25) is 0 Å². The van der Waals surface area contributed by atoms with Crippen molar-refractivity contribution < 1.29 is 0 Å². The summed E-state index contributed by atoms with van der Waals surface area (Å²) in [5.41, 5.74) is 6.95. The lowest BCUT2D eigenvalue weighted by atomic mass is 9.87. The van der Waals surface area contributed by atoms with Crippen LogP contribution in [0.5, 0.6) is 0 Å². The average Bonchev–Trinajstić information content (AvgIpc) is 3.13. The first-order valence-electron chi connectivity index (χ1n) is 15.4. The maximum Gasteiger partial charge on any atom is 0.0701 e. The predicted octanol–water partition coefficient (Wildman–Crippen LogP) is 11.9. The van der Waals surface area contributed by atoms with Gasteiger partial charge in [-0.15, -0.1) is 0 Å². The van der Waals surface area contributed by atoms with Crippen molar-refractivity contribution in [2.75, 3.05) is 7.05 Å². The second kappa shape index (κ2) is 16.4. The minimum atomic E-state index is 0.993. The molecule has 7 aromatic rings. The van der Waals surface area contributed by atoms with E-state index in [1.54, 1.807) is 19.3 Å². The molecule has 0 saturated heterocycles. The molecular formula is C42H41N3. The first kappa shape index (κ1) is 32.5. The summed E-state index contributed by atoms with van der Waals surface area (Å²) < 4.78 is 0. The van der Waals surface area contributed by atoms with E-state index in [0.717, 1.165) is 16.8 Å². The van der Waals surface area contributed by atoms with Gasteiger partial charge in [-0.05, 0) is 87.3 Å². The summed E-state index contributed by atoms with van der Waals surface area (Å²) in [5.74, 6) is 0. The van der Waals surface area contributed by atoms with Gasteiger partial charge in [-0.2, -0.15) is 0 Å². The van der Waals surface area contributed by atoms with Crippen LogP contribution in [-0.2, 0) is 0 Å². The van der Waals surface area contributed by atoms with Crippen molar-refractivity contribution in [3.05, 3.63) is 147 Å². The van der Waals surface area contributed by atoms with Crippen molar-refractivity contribution in [2.24, 2.45) is 4.99 Å². The lowest BCUT2D eigenvalue weighted by Crippen LogP contribution is -1.90. The van der Waals surface area contributed by atoms with Crippen LogP contribution in [0.1, 0.15) is 27.7 Å². The summed E-state index contributed by atoms with van der Waals surface area (Å²) in [4.78, 5) is 12.4. The quantitative estimate of drug-likeness (QED) is 0.117. The first-order chi connectivity index (χ1) is 22.2. The van der Waals surface area contributed by atoms with Gasteiger partial charge < -0.3 is 4.99 Å². The normalized spacial score (nSPS) is 10.7. The Morgan fingerprint density at radius 2 is 1.20 bits per heavy atom. The Kier molecular flexibility index (Phi) is 11.9. The first-order valence-corrected chi connectivity index (χ1v) is 15.4. The van der Waals surface area contributed by atoms with Crippen LogP contribution >= 0.6 is 0 Å². The molecule has 3 nitrogen and oxygen atoms in total. The van der Waals surface area contributed by atoms with Crippen molar-refractivity contribution in [1.29, 1.82) is 0 Å². The molecule has 5 aromatic carbocycles. The molecule has 0 aliphatic rings. The molecule has 7 rings (SSSR count). The molecule has 45 heavy (non-hydrogen) atoms. The van der Waals surface area contributed by atoms with Crippen molar-refractivity contribution in [2.45, 2.75) is 27.7 Å². The lowest BCUT2D eigenvalue weighted by molar-refractivity contribution is 1.33. The summed E-state index contributed by atoms with van der Waals surface area (Å²) in [6.45, 7) is 11.3. The Balaban J connectivity index is 0.000000368. The van der Waals surface area contributed by atoms with Crippen LogP contribution in [0.4, 0.5) is 0 Å². The van der Waals surface area contributed by atoms with Crippen molar-refractivity contribution in [3.8, 4) is 33.5 Å². The van der Waals surface area contributed by atoms with E-state index < -0.39 is 0 Å². The van der Waals surface area contributed by atoms with Crippen LogP contribution < -0.4 is 0 Å². The fourth-order valence-corrected chi connectivity index (χ4v) is 5.32. The van der Waals surface area contributed by atoms with Gasteiger partial charge in [0.15, 0.2) is 0 Å². The smallest absolute Gasteiger partial charge is 0.0701 e. The van der Waals surface area contributed by atoms with E-state index in [-0.39, 0.29) is 0 Å². The Morgan fingerprint density at radius 1 is 0.622 bits per heavy atom. The molecule has 3 heteroatoms. The Labute approximate surface area is 267 Å². The van der Waals surface area contributed by atoms with Gasteiger partial charge in [-0.1, -0.05) is 124 Å². The highest BCUT2D eigenvalue weighted by Crippen LogP contribution is 2.42. The minimum absolute atomic E-state index is 0.993. The second-order valence-electron chi connectivity index (χ2n) is 9.96. The standard InChI is InChI=1S/C32H20N2.C5H8.C3H7N.C2H6/c1-2-19-34-30(5-1)22-8-6-21(7-9-22)26-14-12-23-10-11-24-13-15-27(25-4-3-18-33-20-25)29-17-16-28(26)31(23)32(24)29;1-3-5-4-2;1-3-4-2;1-2/h1-20H;3-5H,1H2,2H3;3H,1-2H3;1-2H3/b;5-4-;;. The third-order valence-electron chi connectivity index (χ3n) is 7.38. The highest BCUT2D eigenvalue weighted by atomic mass is 14.7. The largest absolute Gasteiger partial charge is 0.301 e. The Morgan fingerprint density at radius 3 is 1.67 bits per heavy atom. The molecular weight excluding hydrogens is 546 g/mol. The maximum absolute atomic E-state index is 4.49. The van der Waals surface area contributed by atoms with Gasteiger partial charge >= 0.3 is 0 Å². The summed E-state index contributed by atoms with van der Waals surface area (Å²) in [6, 6.07) is 36.9. The van der Waals surface area contributed by atoms with E-state index in [9.17, 15) is 0 Å². The van der Waals surface area contributed by atoms with E-state index in [4.69, 9.17) is 0 Å². The number of allylic oxidation sites excluding steroid dienone is 3. The second-order valence-corrected chi connectivity index (χ2v) is 9.96. The number of rotatable bonds is 4. The third-order valence-corrected chi connectivity index (χ3v) is 7.38. The fraction of sp³-hybridized carbons (Fsp3) is 0.119. The zero-order valence-electron chi connectivity index (χ0n) is 26.9. The van der Waals surface area contributed by atoms with Crippen LogP contribution in [0.3, 0.4) is 0 Å². The van der Waals surface area contributed by atoms with Gasteiger partial charge in [0, 0.05) is 36.8 Å².